The van der Waals surface area contributed by atoms with Crippen molar-refractivity contribution < 1.29 is 9.72 Å². The number of hydrogen-bond donors (Lipinski definition) is 0. The largest absolute Gasteiger partial charge is 0.285 e. The van der Waals surface area contributed by atoms with Crippen LogP contribution in [-0.4, -0.2) is 11.2 Å². The minimum absolute atomic E-state index is 0.0151. The fourth-order valence-electron chi connectivity index (χ4n) is 1.46. The standard InChI is InChI=1S/C11H6NO3/c13-7-10-5-8-3-1-2-4-9(8)6-11(10)12(14)15/h1-6H. The quantitative estimate of drug-likeness (QED) is 0.551. The van der Waals surface area contributed by atoms with Gasteiger partial charge in [-0.2, -0.15) is 0 Å². The van der Waals surface area contributed by atoms with Crippen molar-refractivity contribution >= 4 is 22.7 Å². The van der Waals surface area contributed by atoms with Crippen molar-refractivity contribution in [3.8, 4) is 0 Å². The van der Waals surface area contributed by atoms with Crippen molar-refractivity contribution in [1.29, 1.82) is 0 Å². The molecule has 0 aliphatic heterocycles. The third kappa shape index (κ3) is 1.57. The van der Waals surface area contributed by atoms with Crippen LogP contribution < -0.4 is 0 Å². The van der Waals surface area contributed by atoms with Gasteiger partial charge in [-0.15, -0.1) is 0 Å². The smallest absolute Gasteiger partial charge is 0.281 e. The molecule has 0 amide bonds. The van der Waals surface area contributed by atoms with E-state index in [-0.39, 0.29) is 11.3 Å². The number of hydrogen-bond acceptors (Lipinski definition) is 3. The van der Waals surface area contributed by atoms with Gasteiger partial charge in [0.05, 0.1) is 4.92 Å². The number of carbonyl (C=O) groups excluding carboxylic acids is 1. The summed E-state index contributed by atoms with van der Waals surface area (Å²) in [7, 11) is 0. The van der Waals surface area contributed by atoms with Gasteiger partial charge in [0.1, 0.15) is 5.56 Å². The maximum Gasteiger partial charge on any atom is 0.281 e. The lowest BCUT2D eigenvalue weighted by atomic mass is 10.1. The van der Waals surface area contributed by atoms with E-state index in [0.717, 1.165) is 10.8 Å². The summed E-state index contributed by atoms with van der Waals surface area (Å²) in [6.45, 7) is 0. The van der Waals surface area contributed by atoms with Crippen LogP contribution in [0.1, 0.15) is 5.56 Å². The maximum atomic E-state index is 10.7. The van der Waals surface area contributed by atoms with Crippen molar-refractivity contribution in [2.24, 2.45) is 0 Å². The van der Waals surface area contributed by atoms with E-state index < -0.39 is 4.92 Å². The van der Waals surface area contributed by atoms with Gasteiger partial charge >= 0.3 is 0 Å². The second kappa shape index (κ2) is 3.49. The average Bonchev–Trinajstić information content (AvgIpc) is 2.27. The molecule has 0 heterocycles. The first kappa shape index (κ1) is 9.33. The molecular weight excluding hydrogens is 194 g/mol. The summed E-state index contributed by atoms with van der Waals surface area (Å²) >= 11 is 0. The Hall–Kier alpha value is -2.23. The Bertz CT molecular complexity index is 549. The molecule has 4 heteroatoms. The van der Waals surface area contributed by atoms with Crippen molar-refractivity contribution in [1.82, 2.24) is 0 Å². The van der Waals surface area contributed by atoms with Gasteiger partial charge in [0.25, 0.3) is 5.69 Å². The third-order valence-electron chi connectivity index (χ3n) is 2.17. The van der Waals surface area contributed by atoms with Crippen LogP contribution in [0.15, 0.2) is 36.4 Å². The predicted molar refractivity (Wildman–Crippen MR) is 55.4 cm³/mol. The zero-order chi connectivity index (χ0) is 10.8. The zero-order valence-corrected chi connectivity index (χ0v) is 7.64. The molecule has 15 heavy (non-hydrogen) atoms. The highest BCUT2D eigenvalue weighted by molar-refractivity contribution is 5.93. The Balaban J connectivity index is 2.80. The monoisotopic (exact) mass is 200 g/mol. The summed E-state index contributed by atoms with van der Waals surface area (Å²) in [5, 5.41) is 12.2. The van der Waals surface area contributed by atoms with Crippen molar-refractivity contribution in [3.63, 3.8) is 0 Å². The van der Waals surface area contributed by atoms with Crippen molar-refractivity contribution in [3.05, 3.63) is 52.1 Å². The Morgan fingerprint density at radius 2 is 1.73 bits per heavy atom. The molecule has 0 N–H and O–H groups in total. The highest BCUT2D eigenvalue weighted by atomic mass is 16.6. The fourth-order valence-corrected chi connectivity index (χ4v) is 1.46. The molecule has 2 aromatic rings. The van der Waals surface area contributed by atoms with Crippen molar-refractivity contribution in [2.45, 2.75) is 0 Å². The molecule has 0 aliphatic carbocycles. The SMILES string of the molecule is O=[C]c1cc2ccccc2cc1[N+](=O)[O-]. The molecule has 0 atom stereocenters. The van der Waals surface area contributed by atoms with Crippen LogP contribution in [0.3, 0.4) is 0 Å². The minimum atomic E-state index is -0.577. The number of benzene rings is 2. The minimum Gasteiger partial charge on any atom is -0.285 e. The molecule has 73 valence electrons. The van der Waals surface area contributed by atoms with Gasteiger partial charge < -0.3 is 0 Å². The van der Waals surface area contributed by atoms with E-state index in [1.807, 2.05) is 6.07 Å². The average molecular weight is 200 g/mol. The topological polar surface area (TPSA) is 60.2 Å². The summed E-state index contributed by atoms with van der Waals surface area (Å²) < 4.78 is 0. The Kier molecular flexibility index (Phi) is 2.17. The number of nitrogens with zero attached hydrogens (tertiary/aromatic N) is 1. The van der Waals surface area contributed by atoms with E-state index in [1.165, 1.54) is 12.1 Å². The van der Waals surface area contributed by atoms with Gasteiger partial charge in [-0.05, 0) is 16.8 Å². The first-order valence-corrected chi connectivity index (χ1v) is 4.27. The van der Waals surface area contributed by atoms with Crippen LogP contribution in [0.4, 0.5) is 5.69 Å². The first-order chi connectivity index (χ1) is 7.22. The van der Waals surface area contributed by atoms with E-state index in [4.69, 9.17) is 0 Å². The summed E-state index contributed by atoms with van der Waals surface area (Å²) in [6, 6.07) is 10.0. The molecule has 2 aromatic carbocycles. The Labute approximate surface area is 85.3 Å². The summed E-state index contributed by atoms with van der Waals surface area (Å²) in [5.74, 6) is 0. The molecular formula is C11H6NO3. The van der Waals surface area contributed by atoms with Gasteiger partial charge in [0, 0.05) is 6.07 Å². The molecule has 0 spiro atoms. The molecule has 0 unspecified atom stereocenters. The van der Waals surface area contributed by atoms with Crippen LogP contribution in [0.5, 0.6) is 0 Å². The molecule has 0 saturated heterocycles. The molecule has 4 nitrogen and oxygen atoms in total. The maximum absolute atomic E-state index is 10.7. The Morgan fingerprint density at radius 1 is 1.13 bits per heavy atom. The van der Waals surface area contributed by atoms with Gasteiger partial charge in [-0.25, -0.2) is 0 Å². The Morgan fingerprint density at radius 3 is 2.27 bits per heavy atom. The lowest BCUT2D eigenvalue weighted by Gasteiger charge is -1.99. The van der Waals surface area contributed by atoms with Gasteiger partial charge in [-0.1, -0.05) is 24.3 Å². The lowest BCUT2D eigenvalue weighted by molar-refractivity contribution is -0.384. The second-order valence-corrected chi connectivity index (χ2v) is 3.08. The summed E-state index contributed by atoms with van der Waals surface area (Å²) in [5.41, 5.74) is -0.220. The van der Waals surface area contributed by atoms with E-state index in [0.29, 0.717) is 0 Å². The van der Waals surface area contributed by atoms with Crippen LogP contribution in [0.25, 0.3) is 10.8 Å². The van der Waals surface area contributed by atoms with Crippen LogP contribution in [-0.2, 0) is 4.79 Å². The second-order valence-electron chi connectivity index (χ2n) is 3.08. The molecule has 0 aliphatic rings. The van der Waals surface area contributed by atoms with E-state index in [1.54, 1.807) is 24.5 Å². The molecule has 0 saturated carbocycles. The lowest BCUT2D eigenvalue weighted by Crippen LogP contribution is -1.94. The molecule has 0 bridgehead atoms. The number of nitro groups is 1. The van der Waals surface area contributed by atoms with Crippen LogP contribution in [0.2, 0.25) is 0 Å². The predicted octanol–water partition coefficient (Wildman–Crippen LogP) is 2.21. The summed E-state index contributed by atoms with van der Waals surface area (Å²) in [6.07, 6.45) is 1.58. The van der Waals surface area contributed by atoms with Crippen LogP contribution >= 0.6 is 0 Å². The molecule has 2 rings (SSSR count). The van der Waals surface area contributed by atoms with Gasteiger partial charge in [0.2, 0.25) is 6.29 Å². The van der Waals surface area contributed by atoms with E-state index in [9.17, 15) is 14.9 Å². The van der Waals surface area contributed by atoms with Crippen LogP contribution in [0, 0.1) is 10.1 Å². The normalized spacial score (nSPS) is 10.1. The highest BCUT2D eigenvalue weighted by Crippen LogP contribution is 2.24. The first-order valence-electron chi connectivity index (χ1n) is 4.27. The van der Waals surface area contributed by atoms with Gasteiger partial charge in [-0.3, -0.25) is 14.9 Å². The molecule has 1 radical (unpaired) electrons. The van der Waals surface area contributed by atoms with E-state index in [2.05, 4.69) is 0 Å². The number of nitro benzene ring substituents is 1. The highest BCUT2D eigenvalue weighted by Gasteiger charge is 2.14. The molecule has 0 fully saturated rings. The fraction of sp³-hybridized carbons (Fsp3) is 0. The summed E-state index contributed by atoms with van der Waals surface area (Å²) in [4.78, 5) is 20.6. The third-order valence-corrected chi connectivity index (χ3v) is 2.17. The van der Waals surface area contributed by atoms with E-state index >= 15 is 0 Å². The van der Waals surface area contributed by atoms with Crippen molar-refractivity contribution in [2.75, 3.05) is 0 Å². The number of rotatable bonds is 2. The molecule has 0 aromatic heterocycles. The van der Waals surface area contributed by atoms with Gasteiger partial charge in [0.15, 0.2) is 0 Å². The zero-order valence-electron chi connectivity index (χ0n) is 7.64. The number of fused-ring (bicyclic) bond motifs is 1.